The van der Waals surface area contributed by atoms with Gasteiger partial charge in [-0.25, -0.2) is 4.98 Å². The molecule has 1 aliphatic heterocycles. The Morgan fingerprint density at radius 3 is 2.48 bits per heavy atom. The predicted molar refractivity (Wildman–Crippen MR) is 84.9 cm³/mol. The molecule has 6 nitrogen and oxygen atoms in total. The molecule has 0 bridgehead atoms. The van der Waals surface area contributed by atoms with Crippen LogP contribution >= 0.6 is 0 Å². The first-order valence-corrected chi connectivity index (χ1v) is 7.65. The van der Waals surface area contributed by atoms with Crippen molar-refractivity contribution >= 4 is 5.82 Å². The van der Waals surface area contributed by atoms with Crippen molar-refractivity contribution in [1.29, 1.82) is 0 Å². The second-order valence-corrected chi connectivity index (χ2v) is 6.04. The van der Waals surface area contributed by atoms with Gasteiger partial charge in [0.25, 0.3) is 0 Å². The van der Waals surface area contributed by atoms with Crippen LogP contribution in [0.5, 0.6) is 5.88 Å². The number of anilines is 1. The first-order chi connectivity index (χ1) is 9.96. The number of nitrogens with zero attached hydrogens (tertiary/aromatic N) is 4. The van der Waals surface area contributed by atoms with E-state index < -0.39 is 0 Å². The predicted octanol–water partition coefficient (Wildman–Crippen LogP) is 1.04. The van der Waals surface area contributed by atoms with Gasteiger partial charge in [0.1, 0.15) is 11.6 Å². The van der Waals surface area contributed by atoms with E-state index in [-0.39, 0.29) is 5.54 Å². The van der Waals surface area contributed by atoms with Crippen LogP contribution in [0.15, 0.2) is 6.07 Å². The van der Waals surface area contributed by atoms with E-state index in [2.05, 4.69) is 33.6 Å². The van der Waals surface area contributed by atoms with Gasteiger partial charge < -0.3 is 15.4 Å². The molecule has 0 radical (unpaired) electrons. The smallest absolute Gasteiger partial charge is 0.218 e. The van der Waals surface area contributed by atoms with Crippen molar-refractivity contribution in [2.75, 3.05) is 44.2 Å². The second-order valence-electron chi connectivity index (χ2n) is 6.04. The molecular formula is C15H27N5O. The zero-order valence-electron chi connectivity index (χ0n) is 13.6. The largest absolute Gasteiger partial charge is 0.478 e. The fraction of sp³-hybridized carbons (Fsp3) is 0.733. The van der Waals surface area contributed by atoms with Crippen LogP contribution in [0.4, 0.5) is 5.82 Å². The van der Waals surface area contributed by atoms with E-state index >= 15 is 0 Å². The highest BCUT2D eigenvalue weighted by Gasteiger charge is 2.29. The zero-order valence-corrected chi connectivity index (χ0v) is 13.6. The summed E-state index contributed by atoms with van der Waals surface area (Å²) >= 11 is 0. The maximum absolute atomic E-state index is 5.86. The van der Waals surface area contributed by atoms with Crippen molar-refractivity contribution in [2.45, 2.75) is 33.2 Å². The Hall–Kier alpha value is -1.40. The van der Waals surface area contributed by atoms with Crippen LogP contribution in [0.3, 0.4) is 0 Å². The molecule has 0 aromatic carbocycles. The highest BCUT2D eigenvalue weighted by molar-refractivity contribution is 5.42. The highest BCUT2D eigenvalue weighted by atomic mass is 16.5. The molecule has 2 N–H and O–H groups in total. The minimum Gasteiger partial charge on any atom is -0.478 e. The number of rotatable bonds is 5. The topological polar surface area (TPSA) is 67.5 Å². The molecule has 21 heavy (non-hydrogen) atoms. The summed E-state index contributed by atoms with van der Waals surface area (Å²) in [4.78, 5) is 13.6. The Morgan fingerprint density at radius 2 is 1.90 bits per heavy atom. The molecule has 1 aliphatic rings. The summed E-state index contributed by atoms with van der Waals surface area (Å²) in [6.45, 7) is 13.5. The molecule has 0 saturated carbocycles. The Kier molecular flexibility index (Phi) is 5.00. The number of aryl methyl sites for hydroxylation is 1. The lowest BCUT2D eigenvalue weighted by atomic mass is 10.0. The van der Waals surface area contributed by atoms with Gasteiger partial charge in [0.15, 0.2) is 0 Å². The molecule has 118 valence electrons. The number of hydrogen-bond donors (Lipinski definition) is 1. The fourth-order valence-electron chi connectivity index (χ4n) is 2.58. The molecule has 0 amide bonds. The summed E-state index contributed by atoms with van der Waals surface area (Å²) in [6.07, 6.45) is 0. The monoisotopic (exact) mass is 293 g/mol. The summed E-state index contributed by atoms with van der Waals surface area (Å²) in [5, 5.41) is 0. The molecule has 0 atom stereocenters. The van der Waals surface area contributed by atoms with Gasteiger partial charge >= 0.3 is 0 Å². The van der Waals surface area contributed by atoms with Gasteiger partial charge in [-0.05, 0) is 27.7 Å². The quantitative estimate of drug-likeness (QED) is 0.875. The van der Waals surface area contributed by atoms with Gasteiger partial charge in [0, 0.05) is 44.3 Å². The van der Waals surface area contributed by atoms with Crippen LogP contribution in [0.25, 0.3) is 0 Å². The maximum atomic E-state index is 5.86. The molecule has 1 aromatic heterocycles. The van der Waals surface area contributed by atoms with Gasteiger partial charge in [-0.2, -0.15) is 4.98 Å². The number of nitrogens with two attached hydrogens (primary N) is 1. The summed E-state index contributed by atoms with van der Waals surface area (Å²) < 4.78 is 5.51. The molecule has 0 aliphatic carbocycles. The molecule has 6 heteroatoms. The van der Waals surface area contributed by atoms with E-state index in [0.29, 0.717) is 19.0 Å². The molecular weight excluding hydrogens is 266 g/mol. The lowest BCUT2D eigenvalue weighted by Gasteiger charge is -2.43. The Labute approximate surface area is 127 Å². The Balaban J connectivity index is 2.05. The second kappa shape index (κ2) is 6.58. The third-order valence-corrected chi connectivity index (χ3v) is 4.05. The van der Waals surface area contributed by atoms with Crippen LogP contribution < -0.4 is 15.4 Å². The van der Waals surface area contributed by atoms with E-state index in [0.717, 1.165) is 37.8 Å². The summed E-state index contributed by atoms with van der Waals surface area (Å²) in [5.74, 6) is 2.36. The molecule has 2 rings (SSSR count). The highest BCUT2D eigenvalue weighted by Crippen LogP contribution is 2.21. The maximum Gasteiger partial charge on any atom is 0.218 e. The first kappa shape index (κ1) is 16.0. The normalized spacial score (nSPS) is 17.1. The third kappa shape index (κ3) is 3.83. The number of piperazine rings is 1. The lowest BCUT2D eigenvalue weighted by molar-refractivity contribution is 0.119. The van der Waals surface area contributed by atoms with Crippen molar-refractivity contribution < 1.29 is 4.74 Å². The number of aromatic nitrogens is 2. The molecule has 1 aromatic rings. The molecule has 0 spiro atoms. The van der Waals surface area contributed by atoms with E-state index in [1.165, 1.54) is 0 Å². The average Bonchev–Trinajstić information content (AvgIpc) is 2.47. The van der Waals surface area contributed by atoms with Crippen LogP contribution in [-0.2, 0) is 0 Å². The van der Waals surface area contributed by atoms with Crippen molar-refractivity contribution in [3.8, 4) is 5.88 Å². The summed E-state index contributed by atoms with van der Waals surface area (Å²) in [5.41, 5.74) is 5.92. The van der Waals surface area contributed by atoms with Crippen molar-refractivity contribution in [2.24, 2.45) is 5.73 Å². The van der Waals surface area contributed by atoms with Crippen LogP contribution in [0.2, 0.25) is 0 Å². The van der Waals surface area contributed by atoms with Gasteiger partial charge in [-0.1, -0.05) is 0 Å². The van der Waals surface area contributed by atoms with Gasteiger partial charge in [0.2, 0.25) is 5.88 Å². The minimum atomic E-state index is 0.0597. The molecule has 1 fully saturated rings. The fourth-order valence-corrected chi connectivity index (χ4v) is 2.58. The zero-order chi connectivity index (χ0) is 15.5. The first-order valence-electron chi connectivity index (χ1n) is 7.65. The molecule has 0 unspecified atom stereocenters. The molecule has 2 heterocycles. The van der Waals surface area contributed by atoms with E-state index in [4.69, 9.17) is 10.5 Å². The van der Waals surface area contributed by atoms with E-state index in [1.54, 1.807) is 0 Å². The minimum absolute atomic E-state index is 0.0597. The van der Waals surface area contributed by atoms with Crippen LogP contribution in [-0.4, -0.2) is 59.7 Å². The van der Waals surface area contributed by atoms with Gasteiger partial charge in [-0.3, -0.25) is 4.90 Å². The van der Waals surface area contributed by atoms with Crippen LogP contribution in [0.1, 0.15) is 26.6 Å². The number of ether oxygens (including phenoxy) is 1. The van der Waals surface area contributed by atoms with Gasteiger partial charge in [0.05, 0.1) is 6.61 Å². The van der Waals surface area contributed by atoms with Crippen molar-refractivity contribution in [3.05, 3.63) is 11.9 Å². The van der Waals surface area contributed by atoms with E-state index in [9.17, 15) is 0 Å². The SMILES string of the molecule is CCOc1cc(N2CCN(C(C)(C)CN)CC2)nc(C)n1. The third-order valence-electron chi connectivity index (χ3n) is 4.05. The number of hydrogen-bond acceptors (Lipinski definition) is 6. The Morgan fingerprint density at radius 1 is 1.24 bits per heavy atom. The van der Waals surface area contributed by atoms with Crippen molar-refractivity contribution in [1.82, 2.24) is 14.9 Å². The van der Waals surface area contributed by atoms with Crippen molar-refractivity contribution in [3.63, 3.8) is 0 Å². The lowest BCUT2D eigenvalue weighted by Crippen LogP contribution is -2.57. The summed E-state index contributed by atoms with van der Waals surface area (Å²) in [6, 6.07) is 1.93. The van der Waals surface area contributed by atoms with Crippen LogP contribution in [0, 0.1) is 6.92 Å². The average molecular weight is 293 g/mol. The standard InChI is InChI=1S/C15H27N5O/c1-5-21-14-10-13(17-12(2)18-14)19-6-8-20(9-7-19)15(3,4)11-16/h10H,5-9,11,16H2,1-4H3. The van der Waals surface area contributed by atoms with Gasteiger partial charge in [-0.15, -0.1) is 0 Å². The molecule has 1 saturated heterocycles. The van der Waals surface area contributed by atoms with E-state index in [1.807, 2.05) is 19.9 Å². The summed E-state index contributed by atoms with van der Waals surface area (Å²) in [7, 11) is 0. The Bertz CT molecular complexity index is 469.